The van der Waals surface area contributed by atoms with Gasteiger partial charge in [0.05, 0.1) is 0 Å². The molecule has 0 fully saturated rings. The highest BCUT2D eigenvalue weighted by atomic mass is 35.5. The lowest BCUT2D eigenvalue weighted by atomic mass is 10.0. The second-order valence-electron chi connectivity index (χ2n) is 3.49. The predicted octanol–water partition coefficient (Wildman–Crippen LogP) is 2.56. The van der Waals surface area contributed by atoms with E-state index in [1.165, 1.54) is 6.33 Å². The van der Waals surface area contributed by atoms with Crippen LogP contribution in [-0.2, 0) is 0 Å². The topological polar surface area (TPSA) is 63.8 Å². The van der Waals surface area contributed by atoms with Crippen LogP contribution in [0, 0.1) is 5.92 Å². The van der Waals surface area contributed by atoms with E-state index in [2.05, 4.69) is 29.1 Å². The van der Waals surface area contributed by atoms with Gasteiger partial charge in [0.15, 0.2) is 11.0 Å². The molecule has 5 heteroatoms. The first-order valence-electron chi connectivity index (χ1n) is 5.18. The van der Waals surface area contributed by atoms with Crippen molar-refractivity contribution in [3.05, 3.63) is 11.5 Å². The molecule has 1 heterocycles. The second-order valence-corrected chi connectivity index (χ2v) is 3.85. The largest absolute Gasteiger partial charge is 0.393 e. The number of nitrogen functional groups attached to an aromatic ring is 1. The molecule has 0 saturated carbocycles. The Labute approximate surface area is 95.3 Å². The zero-order chi connectivity index (χ0) is 11.3. The molecule has 4 nitrogen and oxygen atoms in total. The molecular weight excluding hydrogens is 212 g/mol. The molecule has 15 heavy (non-hydrogen) atoms. The molecule has 0 spiro atoms. The van der Waals surface area contributed by atoms with Crippen LogP contribution in [0.15, 0.2) is 6.33 Å². The van der Waals surface area contributed by atoms with Crippen molar-refractivity contribution in [2.45, 2.75) is 26.7 Å². The van der Waals surface area contributed by atoms with Gasteiger partial charge < -0.3 is 11.1 Å². The Balaban J connectivity index is 2.61. The first-order valence-corrected chi connectivity index (χ1v) is 5.56. The van der Waals surface area contributed by atoms with Crippen LogP contribution in [0.2, 0.25) is 5.15 Å². The highest BCUT2D eigenvalue weighted by Crippen LogP contribution is 2.22. The van der Waals surface area contributed by atoms with E-state index in [0.717, 1.165) is 19.4 Å². The second kappa shape index (κ2) is 5.75. The minimum absolute atomic E-state index is 0.303. The molecule has 0 aliphatic rings. The maximum absolute atomic E-state index is 5.78. The van der Waals surface area contributed by atoms with Gasteiger partial charge in [-0.2, -0.15) is 0 Å². The van der Waals surface area contributed by atoms with E-state index >= 15 is 0 Å². The average molecular weight is 229 g/mol. The summed E-state index contributed by atoms with van der Waals surface area (Å²) in [5.41, 5.74) is 6.15. The molecule has 0 bridgehead atoms. The molecule has 0 radical (unpaired) electrons. The van der Waals surface area contributed by atoms with E-state index < -0.39 is 0 Å². The van der Waals surface area contributed by atoms with Gasteiger partial charge in [-0.3, -0.25) is 0 Å². The zero-order valence-electron chi connectivity index (χ0n) is 9.13. The first-order chi connectivity index (χ1) is 7.19. The third-order valence-corrected chi connectivity index (χ3v) is 2.85. The third kappa shape index (κ3) is 3.23. The average Bonchev–Trinajstić information content (AvgIpc) is 2.25. The number of nitrogens with one attached hydrogen (secondary N) is 1. The van der Waals surface area contributed by atoms with Crippen LogP contribution in [0.1, 0.15) is 26.7 Å². The van der Waals surface area contributed by atoms with Crippen molar-refractivity contribution in [2.24, 2.45) is 5.92 Å². The standard InChI is InChI=1S/C10H17ClN4/c1-3-7(4-2)5-13-10-8(12)9(11)14-6-15-10/h6-7H,3-5,12H2,1-2H3,(H,13,14,15). The molecule has 0 saturated heterocycles. The fourth-order valence-corrected chi connectivity index (χ4v) is 1.47. The number of halogens is 1. The molecule has 3 N–H and O–H groups in total. The van der Waals surface area contributed by atoms with Gasteiger partial charge in [0.1, 0.15) is 12.0 Å². The van der Waals surface area contributed by atoms with Crippen molar-refractivity contribution in [2.75, 3.05) is 17.6 Å². The summed E-state index contributed by atoms with van der Waals surface area (Å²) in [6.45, 7) is 5.21. The lowest BCUT2D eigenvalue weighted by Crippen LogP contribution is -2.14. The van der Waals surface area contributed by atoms with Crippen LogP contribution in [0.25, 0.3) is 0 Å². The van der Waals surface area contributed by atoms with E-state index in [9.17, 15) is 0 Å². The number of nitrogens with zero attached hydrogens (tertiary/aromatic N) is 2. The number of hydrogen-bond donors (Lipinski definition) is 2. The van der Waals surface area contributed by atoms with E-state index in [4.69, 9.17) is 17.3 Å². The number of nitrogens with two attached hydrogens (primary N) is 1. The summed E-state index contributed by atoms with van der Waals surface area (Å²) in [5.74, 6) is 1.26. The van der Waals surface area contributed by atoms with Crippen molar-refractivity contribution in [3.8, 4) is 0 Å². The van der Waals surface area contributed by atoms with Gasteiger partial charge >= 0.3 is 0 Å². The predicted molar refractivity (Wildman–Crippen MR) is 64.0 cm³/mol. The third-order valence-electron chi connectivity index (χ3n) is 2.55. The highest BCUT2D eigenvalue weighted by Gasteiger charge is 2.08. The lowest BCUT2D eigenvalue weighted by molar-refractivity contribution is 0.518. The van der Waals surface area contributed by atoms with Crippen LogP contribution in [0.5, 0.6) is 0 Å². The summed E-state index contributed by atoms with van der Waals surface area (Å²) in [6.07, 6.45) is 3.69. The number of aromatic nitrogens is 2. The summed E-state index contributed by atoms with van der Waals surface area (Å²) in [5, 5.41) is 3.50. The van der Waals surface area contributed by atoms with Crippen molar-refractivity contribution in [1.29, 1.82) is 0 Å². The monoisotopic (exact) mass is 228 g/mol. The Kier molecular flexibility index (Phi) is 4.62. The quantitative estimate of drug-likeness (QED) is 0.761. The van der Waals surface area contributed by atoms with Crippen molar-refractivity contribution in [1.82, 2.24) is 9.97 Å². The van der Waals surface area contributed by atoms with Gasteiger partial charge in [0.2, 0.25) is 0 Å². The minimum atomic E-state index is 0.303. The normalized spacial score (nSPS) is 10.7. The smallest absolute Gasteiger partial charge is 0.157 e. The Morgan fingerprint density at radius 1 is 1.40 bits per heavy atom. The first kappa shape index (κ1) is 12.0. The molecule has 0 atom stereocenters. The SMILES string of the molecule is CCC(CC)CNc1ncnc(Cl)c1N. The summed E-state index contributed by atoms with van der Waals surface area (Å²) in [4.78, 5) is 7.84. The zero-order valence-corrected chi connectivity index (χ0v) is 9.88. The number of anilines is 2. The summed E-state index contributed by atoms with van der Waals surface area (Å²) in [6, 6.07) is 0. The van der Waals surface area contributed by atoms with Crippen LogP contribution in [0.3, 0.4) is 0 Å². The highest BCUT2D eigenvalue weighted by molar-refractivity contribution is 6.32. The van der Waals surface area contributed by atoms with E-state index in [-0.39, 0.29) is 0 Å². The van der Waals surface area contributed by atoms with E-state index in [1.54, 1.807) is 0 Å². The van der Waals surface area contributed by atoms with Crippen LogP contribution >= 0.6 is 11.6 Å². The maximum atomic E-state index is 5.78. The Bertz CT molecular complexity index is 312. The van der Waals surface area contributed by atoms with Gasteiger partial charge in [0, 0.05) is 6.54 Å². The van der Waals surface area contributed by atoms with E-state index in [0.29, 0.717) is 22.6 Å². The lowest BCUT2D eigenvalue weighted by Gasteiger charge is -2.14. The van der Waals surface area contributed by atoms with Gasteiger partial charge in [-0.1, -0.05) is 38.3 Å². The molecule has 0 aliphatic heterocycles. The van der Waals surface area contributed by atoms with Crippen molar-refractivity contribution < 1.29 is 0 Å². The minimum Gasteiger partial charge on any atom is -0.393 e. The van der Waals surface area contributed by atoms with Gasteiger partial charge in [-0.15, -0.1) is 0 Å². The van der Waals surface area contributed by atoms with Crippen molar-refractivity contribution >= 4 is 23.1 Å². The molecule has 1 aromatic rings. The fraction of sp³-hybridized carbons (Fsp3) is 0.600. The van der Waals surface area contributed by atoms with Gasteiger partial charge in [-0.25, -0.2) is 9.97 Å². The maximum Gasteiger partial charge on any atom is 0.157 e. The fourth-order valence-electron chi connectivity index (χ4n) is 1.33. The molecule has 1 rings (SSSR count). The van der Waals surface area contributed by atoms with Crippen LogP contribution in [-0.4, -0.2) is 16.5 Å². The van der Waals surface area contributed by atoms with Gasteiger partial charge in [-0.05, 0) is 5.92 Å². The molecule has 1 aromatic heterocycles. The van der Waals surface area contributed by atoms with Crippen LogP contribution < -0.4 is 11.1 Å². The van der Waals surface area contributed by atoms with Crippen LogP contribution in [0.4, 0.5) is 11.5 Å². The summed E-state index contributed by atoms with van der Waals surface area (Å²) < 4.78 is 0. The molecule has 0 unspecified atom stereocenters. The Morgan fingerprint density at radius 3 is 2.67 bits per heavy atom. The Hall–Kier alpha value is -1.03. The summed E-state index contributed by atoms with van der Waals surface area (Å²) in [7, 11) is 0. The summed E-state index contributed by atoms with van der Waals surface area (Å²) >= 11 is 5.78. The van der Waals surface area contributed by atoms with Gasteiger partial charge in [0.25, 0.3) is 0 Å². The molecule has 0 amide bonds. The van der Waals surface area contributed by atoms with E-state index in [1.807, 2.05) is 0 Å². The molecule has 84 valence electrons. The van der Waals surface area contributed by atoms with Crippen molar-refractivity contribution in [3.63, 3.8) is 0 Å². The molecule has 0 aliphatic carbocycles. The molecular formula is C10H17ClN4. The molecule has 0 aromatic carbocycles. The Morgan fingerprint density at radius 2 is 2.07 bits per heavy atom. The number of hydrogen-bond acceptors (Lipinski definition) is 4. The number of rotatable bonds is 5.